The first-order chi connectivity index (χ1) is 14.4. The first-order valence-electron chi connectivity index (χ1n) is 9.89. The van der Waals surface area contributed by atoms with Crippen LogP contribution in [-0.2, 0) is 21.7 Å². The number of para-hydroxylation sites is 2. The zero-order valence-electron chi connectivity index (χ0n) is 16.9. The Morgan fingerprint density at radius 2 is 1.80 bits per heavy atom. The zero-order valence-corrected chi connectivity index (χ0v) is 16.9. The number of nitrogens with one attached hydrogen (secondary N) is 2. The highest BCUT2D eigenvalue weighted by molar-refractivity contribution is 6.10. The molecule has 1 aromatic heterocycles. The van der Waals surface area contributed by atoms with Gasteiger partial charge in [0.05, 0.1) is 11.0 Å². The second-order valence-corrected chi connectivity index (χ2v) is 7.44. The lowest BCUT2D eigenvalue weighted by atomic mass is 9.92. The third kappa shape index (κ3) is 3.30. The minimum Gasteiger partial charge on any atom is -0.319 e. The molecule has 1 aliphatic heterocycles. The molecule has 154 valence electrons. The van der Waals surface area contributed by atoms with Crippen LogP contribution >= 0.6 is 0 Å². The lowest BCUT2D eigenvalue weighted by molar-refractivity contribution is -0.133. The van der Waals surface area contributed by atoms with E-state index in [0.29, 0.717) is 18.1 Å². The van der Waals surface area contributed by atoms with E-state index in [1.807, 2.05) is 41.8 Å². The van der Waals surface area contributed by atoms with Gasteiger partial charge in [-0.1, -0.05) is 49.4 Å². The van der Waals surface area contributed by atoms with E-state index in [-0.39, 0.29) is 6.54 Å². The molecule has 0 aliphatic carbocycles. The summed E-state index contributed by atoms with van der Waals surface area (Å²) in [4.78, 5) is 43.6. The highest BCUT2D eigenvalue weighted by Gasteiger charge is 2.49. The number of anilines is 1. The van der Waals surface area contributed by atoms with Gasteiger partial charge in [-0.25, -0.2) is 9.78 Å². The number of carbonyl (C=O) groups is 3. The molecule has 0 bridgehead atoms. The van der Waals surface area contributed by atoms with Crippen molar-refractivity contribution in [1.29, 1.82) is 0 Å². The number of imide groups is 1. The summed E-state index contributed by atoms with van der Waals surface area (Å²) in [5, 5.41) is 5.46. The number of imidazole rings is 1. The number of amides is 4. The van der Waals surface area contributed by atoms with E-state index in [2.05, 4.69) is 15.6 Å². The van der Waals surface area contributed by atoms with Crippen molar-refractivity contribution < 1.29 is 14.4 Å². The molecule has 4 amide bonds. The van der Waals surface area contributed by atoms with Gasteiger partial charge in [-0.05, 0) is 31.0 Å². The Labute approximate surface area is 173 Å². The molecule has 4 rings (SSSR count). The van der Waals surface area contributed by atoms with Gasteiger partial charge < -0.3 is 9.88 Å². The lowest BCUT2D eigenvalue weighted by Gasteiger charge is -2.22. The van der Waals surface area contributed by atoms with E-state index in [0.717, 1.165) is 22.4 Å². The van der Waals surface area contributed by atoms with Crippen LogP contribution in [0.15, 0.2) is 54.6 Å². The summed E-state index contributed by atoms with van der Waals surface area (Å²) < 4.78 is 1.92. The maximum Gasteiger partial charge on any atom is 0.325 e. The molecule has 1 fully saturated rings. The third-order valence-corrected chi connectivity index (χ3v) is 5.28. The normalized spacial score (nSPS) is 18.7. The van der Waals surface area contributed by atoms with Crippen molar-refractivity contribution in [3.8, 4) is 0 Å². The number of benzene rings is 2. The molecule has 0 spiro atoms. The molecule has 0 saturated carbocycles. The number of carbonyl (C=O) groups excluding carboxylic acids is 3. The summed E-state index contributed by atoms with van der Waals surface area (Å²) in [5.74, 6) is -0.541. The SMILES string of the molecule is CCCn1c(NC(=O)CN2C(=O)NC(C)(c3ccccc3)C2=O)nc2ccccc21. The molecule has 1 saturated heterocycles. The second-order valence-electron chi connectivity index (χ2n) is 7.44. The number of hydrogen-bond acceptors (Lipinski definition) is 4. The fraction of sp³-hybridized carbons (Fsp3) is 0.273. The fourth-order valence-corrected chi connectivity index (χ4v) is 3.74. The first kappa shape index (κ1) is 19.6. The molecule has 1 aliphatic rings. The Morgan fingerprint density at radius 3 is 2.53 bits per heavy atom. The molecular formula is C22H23N5O3. The van der Waals surface area contributed by atoms with Crippen LogP contribution in [0.2, 0.25) is 0 Å². The van der Waals surface area contributed by atoms with E-state index >= 15 is 0 Å². The minimum atomic E-state index is -1.20. The Kier molecular flexibility index (Phi) is 4.99. The summed E-state index contributed by atoms with van der Waals surface area (Å²) in [6.45, 7) is 3.98. The van der Waals surface area contributed by atoms with Crippen LogP contribution in [0.4, 0.5) is 10.7 Å². The van der Waals surface area contributed by atoms with Crippen LogP contribution in [0.5, 0.6) is 0 Å². The Morgan fingerprint density at radius 1 is 1.10 bits per heavy atom. The highest BCUT2D eigenvalue weighted by Crippen LogP contribution is 2.28. The average molecular weight is 405 g/mol. The van der Waals surface area contributed by atoms with Crippen molar-refractivity contribution in [3.05, 3.63) is 60.2 Å². The number of fused-ring (bicyclic) bond motifs is 1. The predicted octanol–water partition coefficient (Wildman–Crippen LogP) is 2.85. The van der Waals surface area contributed by atoms with Gasteiger partial charge in [0.1, 0.15) is 12.1 Å². The van der Waals surface area contributed by atoms with E-state index in [1.54, 1.807) is 31.2 Å². The van der Waals surface area contributed by atoms with Crippen molar-refractivity contribution in [1.82, 2.24) is 19.8 Å². The number of rotatable bonds is 6. The van der Waals surface area contributed by atoms with Gasteiger partial charge in [-0.3, -0.25) is 19.8 Å². The molecule has 2 heterocycles. The van der Waals surface area contributed by atoms with Crippen molar-refractivity contribution in [2.75, 3.05) is 11.9 Å². The molecule has 30 heavy (non-hydrogen) atoms. The van der Waals surface area contributed by atoms with Crippen molar-refractivity contribution in [3.63, 3.8) is 0 Å². The third-order valence-electron chi connectivity index (χ3n) is 5.28. The molecular weight excluding hydrogens is 382 g/mol. The molecule has 2 N–H and O–H groups in total. The van der Waals surface area contributed by atoms with Gasteiger partial charge in [-0.15, -0.1) is 0 Å². The van der Waals surface area contributed by atoms with E-state index in [1.165, 1.54) is 0 Å². The summed E-state index contributed by atoms with van der Waals surface area (Å²) in [6.07, 6.45) is 0.867. The molecule has 1 unspecified atom stereocenters. The topological polar surface area (TPSA) is 96.3 Å². The predicted molar refractivity (Wildman–Crippen MR) is 113 cm³/mol. The van der Waals surface area contributed by atoms with Gasteiger partial charge >= 0.3 is 6.03 Å². The molecule has 3 aromatic rings. The van der Waals surface area contributed by atoms with Gasteiger partial charge in [0.2, 0.25) is 11.9 Å². The Bertz CT molecular complexity index is 1120. The van der Waals surface area contributed by atoms with Crippen LogP contribution in [0.3, 0.4) is 0 Å². The molecule has 2 aromatic carbocycles. The van der Waals surface area contributed by atoms with Crippen molar-refractivity contribution in [2.24, 2.45) is 0 Å². The van der Waals surface area contributed by atoms with E-state index in [9.17, 15) is 14.4 Å². The molecule has 1 atom stereocenters. The maximum atomic E-state index is 13.0. The largest absolute Gasteiger partial charge is 0.325 e. The van der Waals surface area contributed by atoms with Crippen molar-refractivity contribution in [2.45, 2.75) is 32.4 Å². The van der Waals surface area contributed by atoms with Gasteiger partial charge in [-0.2, -0.15) is 0 Å². The molecule has 8 heteroatoms. The standard InChI is InChI=1S/C22H23N5O3/c1-3-13-26-17-12-8-7-11-16(17)23-20(26)24-18(28)14-27-19(29)22(2,25-21(27)30)15-9-5-4-6-10-15/h4-12H,3,13-14H2,1-2H3,(H,25,30)(H,23,24,28). The lowest BCUT2D eigenvalue weighted by Crippen LogP contribution is -2.42. The average Bonchev–Trinajstić information content (AvgIpc) is 3.19. The number of aryl methyl sites for hydroxylation is 1. The maximum absolute atomic E-state index is 13.0. The number of urea groups is 1. The van der Waals surface area contributed by atoms with Crippen LogP contribution in [0.25, 0.3) is 11.0 Å². The summed E-state index contributed by atoms with van der Waals surface area (Å²) in [6, 6.07) is 16.0. The number of aromatic nitrogens is 2. The molecule has 0 radical (unpaired) electrons. The summed E-state index contributed by atoms with van der Waals surface area (Å²) >= 11 is 0. The van der Waals surface area contributed by atoms with Gasteiger partial charge in [0.15, 0.2) is 0 Å². The Hall–Kier alpha value is -3.68. The van der Waals surface area contributed by atoms with Crippen molar-refractivity contribution >= 4 is 34.8 Å². The highest BCUT2D eigenvalue weighted by atomic mass is 16.2. The number of hydrogen-bond donors (Lipinski definition) is 2. The smallest absolute Gasteiger partial charge is 0.319 e. The Balaban J connectivity index is 1.54. The number of nitrogens with zero attached hydrogens (tertiary/aromatic N) is 3. The van der Waals surface area contributed by atoms with Crippen LogP contribution in [-0.4, -0.2) is 38.8 Å². The van der Waals surface area contributed by atoms with Gasteiger partial charge in [0.25, 0.3) is 5.91 Å². The van der Waals surface area contributed by atoms with E-state index in [4.69, 9.17) is 0 Å². The second kappa shape index (κ2) is 7.62. The fourth-order valence-electron chi connectivity index (χ4n) is 3.74. The van der Waals surface area contributed by atoms with Gasteiger partial charge in [0, 0.05) is 6.54 Å². The molecule has 8 nitrogen and oxygen atoms in total. The van der Waals surface area contributed by atoms with Crippen LogP contribution in [0, 0.1) is 0 Å². The van der Waals surface area contributed by atoms with Crippen LogP contribution in [0.1, 0.15) is 25.8 Å². The summed E-state index contributed by atoms with van der Waals surface area (Å²) in [7, 11) is 0. The van der Waals surface area contributed by atoms with E-state index < -0.39 is 23.4 Å². The summed E-state index contributed by atoms with van der Waals surface area (Å²) in [5.41, 5.74) is 1.15. The quantitative estimate of drug-likeness (QED) is 0.617. The minimum absolute atomic E-state index is 0.386. The first-order valence-corrected chi connectivity index (χ1v) is 9.89. The monoisotopic (exact) mass is 405 g/mol. The zero-order chi connectivity index (χ0) is 21.3. The van der Waals surface area contributed by atoms with Crippen LogP contribution < -0.4 is 10.6 Å².